The molecule has 1 aromatic rings. The van der Waals surface area contributed by atoms with Crippen LogP contribution in [0.2, 0.25) is 0 Å². The Labute approximate surface area is 165 Å². The zero-order valence-electron chi connectivity index (χ0n) is 15.4. The van der Waals surface area contributed by atoms with Crippen molar-refractivity contribution >= 4 is 29.1 Å². The van der Waals surface area contributed by atoms with E-state index in [1.165, 1.54) is 11.1 Å². The van der Waals surface area contributed by atoms with E-state index in [4.69, 9.17) is 12.2 Å². The first-order valence-corrected chi connectivity index (χ1v) is 10.1. The first kappa shape index (κ1) is 18.2. The van der Waals surface area contributed by atoms with Crippen LogP contribution in [0.4, 0.5) is 0 Å². The molecule has 3 unspecified atom stereocenters. The molecule has 2 fully saturated rings. The summed E-state index contributed by atoms with van der Waals surface area (Å²) in [7, 11) is 0. The van der Waals surface area contributed by atoms with Crippen LogP contribution in [0.25, 0.3) is 0 Å². The normalized spacial score (nSPS) is 27.5. The van der Waals surface area contributed by atoms with E-state index in [2.05, 4.69) is 30.1 Å². The van der Waals surface area contributed by atoms with Crippen LogP contribution in [0.1, 0.15) is 30.4 Å². The van der Waals surface area contributed by atoms with Crippen molar-refractivity contribution in [2.75, 3.05) is 13.1 Å². The molecule has 27 heavy (non-hydrogen) atoms. The Balaban J connectivity index is 1.43. The van der Waals surface area contributed by atoms with Crippen LogP contribution in [0, 0.1) is 11.8 Å². The highest BCUT2D eigenvalue weighted by atomic mass is 32.1. The number of benzene rings is 1. The Kier molecular flexibility index (Phi) is 5.00. The van der Waals surface area contributed by atoms with E-state index in [1.807, 2.05) is 11.0 Å². The lowest BCUT2D eigenvalue weighted by Gasteiger charge is -2.44. The maximum atomic E-state index is 13.1. The summed E-state index contributed by atoms with van der Waals surface area (Å²) in [4.78, 5) is 29.4. The van der Waals surface area contributed by atoms with Crippen molar-refractivity contribution in [3.05, 3.63) is 48.0 Å². The van der Waals surface area contributed by atoms with Gasteiger partial charge in [-0.2, -0.15) is 0 Å². The third-order valence-electron chi connectivity index (χ3n) is 6.09. The fourth-order valence-electron chi connectivity index (χ4n) is 4.63. The molecule has 4 rings (SSSR count). The number of amides is 2. The summed E-state index contributed by atoms with van der Waals surface area (Å²) in [5, 5.41) is 3.76. The van der Waals surface area contributed by atoms with Crippen LogP contribution < -0.4 is 5.32 Å². The summed E-state index contributed by atoms with van der Waals surface area (Å²) in [5.41, 5.74) is 2.59. The molecule has 5 nitrogen and oxygen atoms in total. The average Bonchev–Trinajstić information content (AvgIpc) is 2.69. The van der Waals surface area contributed by atoms with Crippen molar-refractivity contribution in [3.63, 3.8) is 0 Å². The molecule has 1 N–H and O–H groups in total. The van der Waals surface area contributed by atoms with Gasteiger partial charge in [-0.15, -0.1) is 6.58 Å². The number of hydrogen-bond donors (Lipinski definition) is 1. The van der Waals surface area contributed by atoms with Gasteiger partial charge in [0.2, 0.25) is 11.8 Å². The van der Waals surface area contributed by atoms with E-state index >= 15 is 0 Å². The molecule has 1 saturated carbocycles. The number of thiocarbonyl (C=S) groups is 1. The van der Waals surface area contributed by atoms with Crippen molar-refractivity contribution in [2.24, 2.45) is 11.8 Å². The minimum Gasteiger partial charge on any atom is -0.359 e. The highest BCUT2D eigenvalue weighted by Crippen LogP contribution is 2.34. The number of carbonyl (C=O) groups excluding carboxylic acids is 2. The molecule has 142 valence electrons. The van der Waals surface area contributed by atoms with Gasteiger partial charge in [-0.1, -0.05) is 30.3 Å². The zero-order valence-corrected chi connectivity index (χ0v) is 16.2. The van der Waals surface area contributed by atoms with Crippen molar-refractivity contribution in [3.8, 4) is 0 Å². The lowest BCUT2D eigenvalue weighted by molar-refractivity contribution is -0.142. The lowest BCUT2D eigenvalue weighted by atomic mass is 9.76. The number of nitrogens with one attached hydrogen (secondary N) is 1. The van der Waals surface area contributed by atoms with Gasteiger partial charge in [0.1, 0.15) is 0 Å². The fraction of sp³-hybridized carbons (Fsp3) is 0.476. The Morgan fingerprint density at radius 2 is 2.07 bits per heavy atom. The zero-order chi connectivity index (χ0) is 19.0. The highest BCUT2D eigenvalue weighted by molar-refractivity contribution is 7.80. The SMILES string of the molecule is C=CCN1C(=O)C2CCC(C(=O)N3CCc4ccccc4C3)CC2NC1=S. The van der Waals surface area contributed by atoms with Gasteiger partial charge in [-0.25, -0.2) is 0 Å². The van der Waals surface area contributed by atoms with Gasteiger partial charge in [0.15, 0.2) is 5.11 Å². The fourth-order valence-corrected chi connectivity index (χ4v) is 4.95. The van der Waals surface area contributed by atoms with Crippen molar-refractivity contribution in [2.45, 2.75) is 38.3 Å². The quantitative estimate of drug-likeness (QED) is 0.643. The molecule has 6 heteroatoms. The van der Waals surface area contributed by atoms with Gasteiger partial charge in [-0.3, -0.25) is 14.5 Å². The van der Waals surface area contributed by atoms with Crippen molar-refractivity contribution < 1.29 is 9.59 Å². The molecule has 1 saturated heterocycles. The average molecular weight is 384 g/mol. The van der Waals surface area contributed by atoms with Gasteiger partial charge in [-0.05, 0) is 49.0 Å². The molecule has 2 heterocycles. The van der Waals surface area contributed by atoms with Gasteiger partial charge in [0.25, 0.3) is 0 Å². The van der Waals surface area contributed by atoms with E-state index in [0.29, 0.717) is 24.6 Å². The summed E-state index contributed by atoms with van der Waals surface area (Å²) in [6.07, 6.45) is 4.77. The molecule has 3 atom stereocenters. The van der Waals surface area contributed by atoms with Gasteiger partial charge >= 0.3 is 0 Å². The molecule has 1 aliphatic carbocycles. The summed E-state index contributed by atoms with van der Waals surface area (Å²) in [6, 6.07) is 8.31. The van der Waals surface area contributed by atoms with E-state index in [-0.39, 0.29) is 29.7 Å². The van der Waals surface area contributed by atoms with Crippen molar-refractivity contribution in [1.29, 1.82) is 0 Å². The molecule has 0 aromatic heterocycles. The molecule has 2 aliphatic heterocycles. The van der Waals surface area contributed by atoms with Crippen LogP contribution >= 0.6 is 12.2 Å². The van der Waals surface area contributed by atoms with E-state index in [0.717, 1.165) is 25.8 Å². The Bertz CT molecular complexity index is 793. The maximum Gasteiger partial charge on any atom is 0.234 e. The molecule has 3 aliphatic rings. The summed E-state index contributed by atoms with van der Waals surface area (Å²) >= 11 is 5.36. The number of hydrogen-bond acceptors (Lipinski definition) is 3. The van der Waals surface area contributed by atoms with Crippen molar-refractivity contribution in [1.82, 2.24) is 15.1 Å². The molecule has 1 aromatic carbocycles. The molecule has 0 spiro atoms. The predicted molar refractivity (Wildman–Crippen MR) is 108 cm³/mol. The van der Waals surface area contributed by atoms with Crippen LogP contribution in [0.3, 0.4) is 0 Å². The lowest BCUT2D eigenvalue weighted by Crippen LogP contribution is -2.62. The number of nitrogens with zero attached hydrogens (tertiary/aromatic N) is 2. The van der Waals surface area contributed by atoms with Crippen LogP contribution in [0.5, 0.6) is 0 Å². The first-order chi connectivity index (χ1) is 13.1. The van der Waals surface area contributed by atoms with Gasteiger partial charge in [0, 0.05) is 31.6 Å². The molecular weight excluding hydrogens is 358 g/mol. The summed E-state index contributed by atoms with van der Waals surface area (Å²) < 4.78 is 0. The van der Waals surface area contributed by atoms with Crippen LogP contribution in [-0.4, -0.2) is 45.9 Å². The number of rotatable bonds is 3. The summed E-state index contributed by atoms with van der Waals surface area (Å²) in [6.45, 7) is 5.60. The Morgan fingerprint density at radius 3 is 2.85 bits per heavy atom. The topological polar surface area (TPSA) is 52.7 Å². The Hall–Kier alpha value is -2.21. The molecule has 0 bridgehead atoms. The predicted octanol–water partition coefficient (Wildman–Crippen LogP) is 2.26. The smallest absolute Gasteiger partial charge is 0.234 e. The molecule has 0 radical (unpaired) electrons. The molecule has 2 amide bonds. The highest BCUT2D eigenvalue weighted by Gasteiger charge is 2.44. The second-order valence-electron chi connectivity index (χ2n) is 7.69. The maximum absolute atomic E-state index is 13.1. The minimum absolute atomic E-state index is 0.0363. The van der Waals surface area contributed by atoms with Gasteiger partial charge in [0.05, 0.1) is 5.92 Å². The number of carbonyl (C=O) groups is 2. The third kappa shape index (κ3) is 3.38. The second-order valence-corrected chi connectivity index (χ2v) is 8.08. The van der Waals surface area contributed by atoms with Crippen LogP contribution in [0.15, 0.2) is 36.9 Å². The standard InChI is InChI=1S/C21H25N3O2S/c1-2-10-24-20(26)17-8-7-15(12-18(17)22-21(24)27)19(25)23-11-9-14-5-3-4-6-16(14)13-23/h2-6,15,17-18H,1,7-13H2,(H,22,27). The van der Waals surface area contributed by atoms with E-state index in [1.54, 1.807) is 11.0 Å². The van der Waals surface area contributed by atoms with Crippen LogP contribution in [-0.2, 0) is 22.6 Å². The third-order valence-corrected chi connectivity index (χ3v) is 6.43. The largest absolute Gasteiger partial charge is 0.359 e. The number of fused-ring (bicyclic) bond motifs is 2. The molecular formula is C21H25N3O2S. The van der Waals surface area contributed by atoms with E-state index < -0.39 is 0 Å². The van der Waals surface area contributed by atoms with E-state index in [9.17, 15) is 9.59 Å². The first-order valence-electron chi connectivity index (χ1n) is 9.67. The second kappa shape index (κ2) is 7.43. The Morgan fingerprint density at radius 1 is 1.30 bits per heavy atom. The summed E-state index contributed by atoms with van der Waals surface area (Å²) in [5.74, 6) is 0.159. The van der Waals surface area contributed by atoms with Gasteiger partial charge < -0.3 is 10.2 Å². The monoisotopic (exact) mass is 383 g/mol. The minimum atomic E-state index is -0.0946.